The fraction of sp³-hybridized carbons (Fsp3) is 0.350. The molecule has 1 saturated heterocycles. The van der Waals surface area contributed by atoms with Crippen LogP contribution in [0, 0.1) is 0 Å². The maximum atomic E-state index is 13.2. The molecule has 2 aromatic rings. The maximum Gasteiger partial charge on any atom is 0.325 e. The smallest absolute Gasteiger partial charge is 0.325 e. The van der Waals surface area contributed by atoms with E-state index in [0.717, 1.165) is 27.3 Å². The first kappa shape index (κ1) is 19.0. The number of fused-ring (bicyclic) bond motifs is 2. The van der Waals surface area contributed by atoms with Crippen LogP contribution in [0.25, 0.3) is 0 Å². The van der Waals surface area contributed by atoms with E-state index in [0.29, 0.717) is 23.8 Å². The van der Waals surface area contributed by atoms with Crippen LogP contribution in [0.15, 0.2) is 36.4 Å². The van der Waals surface area contributed by atoms with E-state index in [1.54, 1.807) is 11.0 Å². The summed E-state index contributed by atoms with van der Waals surface area (Å²) >= 11 is 7.37. The number of rotatable bonds is 5. The lowest BCUT2D eigenvalue weighted by molar-refractivity contribution is -0.139. The molecule has 4 rings (SSSR count). The summed E-state index contributed by atoms with van der Waals surface area (Å²) in [5, 5.41) is 2.85. The van der Waals surface area contributed by atoms with Crippen LogP contribution in [0.2, 0.25) is 4.34 Å². The molecular weight excluding hydrogens is 398 g/mol. The highest BCUT2D eigenvalue weighted by Gasteiger charge is 2.55. The molecule has 1 aromatic heterocycles. The number of aryl methyl sites for hydroxylation is 1. The van der Waals surface area contributed by atoms with Crippen LogP contribution in [0.1, 0.15) is 29.3 Å². The van der Waals surface area contributed by atoms with E-state index >= 15 is 0 Å². The van der Waals surface area contributed by atoms with Crippen molar-refractivity contribution in [2.45, 2.75) is 31.8 Å². The number of hydrogen-bond donors (Lipinski definition) is 1. The fourth-order valence-corrected chi connectivity index (χ4v) is 5.07. The van der Waals surface area contributed by atoms with E-state index in [9.17, 15) is 14.4 Å². The molecule has 1 aliphatic heterocycles. The van der Waals surface area contributed by atoms with Gasteiger partial charge in [-0.25, -0.2) is 4.79 Å². The van der Waals surface area contributed by atoms with Gasteiger partial charge >= 0.3 is 6.03 Å². The van der Waals surface area contributed by atoms with Gasteiger partial charge in [0.2, 0.25) is 5.91 Å². The van der Waals surface area contributed by atoms with E-state index < -0.39 is 11.6 Å². The molecule has 28 heavy (non-hydrogen) atoms. The van der Waals surface area contributed by atoms with Gasteiger partial charge in [-0.05, 0) is 43.0 Å². The minimum Gasteiger partial charge on any atom is -0.336 e. The lowest BCUT2D eigenvalue weighted by Gasteiger charge is -2.24. The SMILES string of the molecule is CCN(Cc1ccc(Cl)s1)C(=O)CN1C(=O)N[C@@]2(CCc3ccccc32)C1=O. The molecule has 0 radical (unpaired) electrons. The molecule has 6 nitrogen and oxygen atoms in total. The Labute approximate surface area is 172 Å². The molecular formula is C20H20ClN3O3S. The first-order valence-electron chi connectivity index (χ1n) is 9.19. The minimum atomic E-state index is -1.04. The molecule has 0 saturated carbocycles. The summed E-state index contributed by atoms with van der Waals surface area (Å²) in [6.45, 7) is 2.49. The molecule has 4 amide bonds. The van der Waals surface area contributed by atoms with E-state index in [4.69, 9.17) is 11.6 Å². The summed E-state index contributed by atoms with van der Waals surface area (Å²) in [5.41, 5.74) is 0.865. The van der Waals surface area contributed by atoms with Gasteiger partial charge in [0.05, 0.1) is 10.9 Å². The van der Waals surface area contributed by atoms with Crippen LogP contribution in [-0.4, -0.2) is 40.7 Å². The van der Waals surface area contributed by atoms with Crippen molar-refractivity contribution in [3.63, 3.8) is 0 Å². The second-order valence-corrected chi connectivity index (χ2v) is 8.80. The Kier molecular flexibility index (Phi) is 4.89. The van der Waals surface area contributed by atoms with E-state index in [-0.39, 0.29) is 18.4 Å². The number of amides is 4. The number of benzene rings is 1. The molecule has 1 aromatic carbocycles. The summed E-state index contributed by atoms with van der Waals surface area (Å²) in [7, 11) is 0. The van der Waals surface area contributed by atoms with Gasteiger partial charge in [0.1, 0.15) is 12.1 Å². The molecule has 2 aliphatic rings. The molecule has 1 atom stereocenters. The standard InChI is InChI=1S/C20H20ClN3O3S/c1-2-23(11-14-7-8-16(21)28-14)17(25)12-24-18(26)20(22-19(24)27)10-9-13-5-3-4-6-15(13)20/h3-8H,2,9-12H2,1H3,(H,22,27)/t20-/m1/s1. The third kappa shape index (κ3) is 3.08. The minimum absolute atomic E-state index is 0.262. The van der Waals surface area contributed by atoms with Gasteiger partial charge in [-0.2, -0.15) is 0 Å². The Bertz CT molecular complexity index is 960. The van der Waals surface area contributed by atoms with Crippen molar-refractivity contribution < 1.29 is 14.4 Å². The zero-order valence-electron chi connectivity index (χ0n) is 15.4. The van der Waals surface area contributed by atoms with Crippen LogP contribution in [0.4, 0.5) is 4.79 Å². The fourth-order valence-electron chi connectivity index (χ4n) is 3.97. The normalized spacial score (nSPS) is 20.6. The van der Waals surface area contributed by atoms with Crippen molar-refractivity contribution in [1.82, 2.24) is 15.1 Å². The second kappa shape index (κ2) is 7.22. The number of nitrogens with zero attached hydrogens (tertiary/aromatic N) is 2. The molecule has 146 valence electrons. The first-order valence-corrected chi connectivity index (χ1v) is 10.4. The number of likely N-dealkylation sites (N-methyl/N-ethyl adjacent to an activating group) is 1. The van der Waals surface area contributed by atoms with Crippen LogP contribution in [0.3, 0.4) is 0 Å². The Morgan fingerprint density at radius 2 is 2.07 bits per heavy atom. The second-order valence-electron chi connectivity index (χ2n) is 7.00. The van der Waals surface area contributed by atoms with Crippen LogP contribution in [0.5, 0.6) is 0 Å². The largest absolute Gasteiger partial charge is 0.336 e. The molecule has 1 spiro atoms. The number of urea groups is 1. The first-order chi connectivity index (χ1) is 13.4. The number of carbonyl (C=O) groups is 3. The van der Waals surface area contributed by atoms with Crippen molar-refractivity contribution >= 4 is 40.8 Å². The lowest BCUT2D eigenvalue weighted by atomic mass is 9.92. The number of carbonyl (C=O) groups excluding carboxylic acids is 3. The molecule has 2 heterocycles. The third-order valence-electron chi connectivity index (χ3n) is 5.43. The van der Waals surface area contributed by atoms with Gasteiger partial charge in [-0.3, -0.25) is 14.5 Å². The molecule has 0 bridgehead atoms. The zero-order valence-corrected chi connectivity index (χ0v) is 17.0. The number of thiophene rings is 1. The molecule has 1 N–H and O–H groups in total. The van der Waals surface area contributed by atoms with Gasteiger partial charge in [-0.1, -0.05) is 35.9 Å². The Morgan fingerprint density at radius 3 is 2.79 bits per heavy atom. The van der Waals surface area contributed by atoms with Crippen molar-refractivity contribution in [1.29, 1.82) is 0 Å². The predicted octanol–water partition coefficient (Wildman–Crippen LogP) is 3.14. The van der Waals surface area contributed by atoms with Gasteiger partial charge in [0.25, 0.3) is 5.91 Å². The molecule has 1 fully saturated rings. The van der Waals surface area contributed by atoms with Crippen LogP contribution < -0.4 is 5.32 Å². The quantitative estimate of drug-likeness (QED) is 0.760. The lowest BCUT2D eigenvalue weighted by Crippen LogP contribution is -2.44. The van der Waals surface area contributed by atoms with E-state index in [1.807, 2.05) is 37.3 Å². The summed E-state index contributed by atoms with van der Waals surface area (Å²) < 4.78 is 0.662. The number of halogens is 1. The van der Waals surface area contributed by atoms with Crippen molar-refractivity contribution in [2.24, 2.45) is 0 Å². The monoisotopic (exact) mass is 417 g/mol. The van der Waals surface area contributed by atoms with Gasteiger partial charge in [0.15, 0.2) is 0 Å². The van der Waals surface area contributed by atoms with Crippen LogP contribution in [-0.2, 0) is 28.1 Å². The predicted molar refractivity (Wildman–Crippen MR) is 107 cm³/mol. The molecule has 1 aliphatic carbocycles. The van der Waals surface area contributed by atoms with Gasteiger partial charge in [0, 0.05) is 11.4 Å². The topological polar surface area (TPSA) is 69.7 Å². The number of imide groups is 1. The summed E-state index contributed by atoms with van der Waals surface area (Å²) in [4.78, 5) is 42.2. The third-order valence-corrected chi connectivity index (χ3v) is 6.64. The van der Waals surface area contributed by atoms with Crippen molar-refractivity contribution in [3.05, 3.63) is 56.7 Å². The van der Waals surface area contributed by atoms with Crippen molar-refractivity contribution in [3.8, 4) is 0 Å². The Hall–Kier alpha value is -2.38. The van der Waals surface area contributed by atoms with Crippen molar-refractivity contribution in [2.75, 3.05) is 13.1 Å². The summed E-state index contributed by atoms with van der Waals surface area (Å²) in [6.07, 6.45) is 1.25. The zero-order chi connectivity index (χ0) is 19.9. The maximum absolute atomic E-state index is 13.2. The average Bonchev–Trinajstić information content (AvgIpc) is 3.33. The van der Waals surface area contributed by atoms with E-state index in [2.05, 4.69) is 5.32 Å². The van der Waals surface area contributed by atoms with Gasteiger partial charge in [-0.15, -0.1) is 11.3 Å². The highest BCUT2D eigenvalue weighted by molar-refractivity contribution is 7.16. The molecule has 8 heteroatoms. The highest BCUT2D eigenvalue weighted by atomic mass is 35.5. The summed E-state index contributed by atoms with van der Waals surface area (Å²) in [5.74, 6) is -0.607. The highest BCUT2D eigenvalue weighted by Crippen LogP contribution is 2.41. The Balaban J connectivity index is 1.51. The Morgan fingerprint density at radius 1 is 1.29 bits per heavy atom. The average molecular weight is 418 g/mol. The summed E-state index contributed by atoms with van der Waals surface area (Å²) in [6, 6.07) is 10.8. The van der Waals surface area contributed by atoms with Crippen LogP contribution >= 0.6 is 22.9 Å². The van der Waals surface area contributed by atoms with E-state index in [1.165, 1.54) is 11.3 Å². The number of hydrogen-bond acceptors (Lipinski definition) is 4. The van der Waals surface area contributed by atoms with Gasteiger partial charge < -0.3 is 10.2 Å². The number of nitrogens with one attached hydrogen (secondary N) is 1. The molecule has 0 unspecified atom stereocenters.